The van der Waals surface area contributed by atoms with E-state index in [4.69, 9.17) is 16.7 Å². The quantitative estimate of drug-likeness (QED) is 0.894. The lowest BCUT2D eigenvalue weighted by molar-refractivity contribution is -0.0499. The Kier molecular flexibility index (Phi) is 3.48. The van der Waals surface area contributed by atoms with Crippen LogP contribution in [0.15, 0.2) is 23.1 Å². The molecule has 0 amide bonds. The third-order valence-electron chi connectivity index (χ3n) is 1.40. The van der Waals surface area contributed by atoms with Crippen LogP contribution in [0.5, 0.6) is 5.75 Å². The first-order valence-corrected chi connectivity index (χ1v) is 5.49. The molecule has 0 aliphatic carbocycles. The lowest BCUT2D eigenvalue weighted by Gasteiger charge is -2.06. The number of sulfonamides is 1. The first kappa shape index (κ1) is 12.2. The van der Waals surface area contributed by atoms with Crippen LogP contribution in [0.25, 0.3) is 0 Å². The standard InChI is InChI=1S/C7H6ClF2NO3S/c8-4-1-5(14-7(9)10)3-6(2-4)15(11,12)13/h1-3,7H,(H2,11,12,13). The SMILES string of the molecule is NS(=O)(=O)c1cc(Cl)cc(OC(F)F)c1. The third-order valence-corrected chi connectivity index (χ3v) is 2.51. The number of halogens is 3. The summed E-state index contributed by atoms with van der Waals surface area (Å²) in [5.41, 5.74) is 0. The molecule has 0 bridgehead atoms. The summed E-state index contributed by atoms with van der Waals surface area (Å²) in [6.45, 7) is -3.06. The van der Waals surface area contributed by atoms with Gasteiger partial charge in [0.1, 0.15) is 5.75 Å². The lowest BCUT2D eigenvalue weighted by Crippen LogP contribution is -2.12. The lowest BCUT2D eigenvalue weighted by atomic mass is 10.3. The minimum Gasteiger partial charge on any atom is -0.435 e. The van der Waals surface area contributed by atoms with Crippen LogP contribution in [0, 0.1) is 0 Å². The van der Waals surface area contributed by atoms with Gasteiger partial charge in [0, 0.05) is 11.1 Å². The summed E-state index contributed by atoms with van der Waals surface area (Å²) in [6.07, 6.45) is 0. The van der Waals surface area contributed by atoms with Crippen molar-refractivity contribution in [3.63, 3.8) is 0 Å². The highest BCUT2D eigenvalue weighted by molar-refractivity contribution is 7.89. The van der Waals surface area contributed by atoms with Crippen molar-refractivity contribution in [2.45, 2.75) is 11.5 Å². The summed E-state index contributed by atoms with van der Waals surface area (Å²) in [4.78, 5) is -0.384. The van der Waals surface area contributed by atoms with Crippen LogP contribution in [0.4, 0.5) is 8.78 Å². The van der Waals surface area contributed by atoms with E-state index in [1.807, 2.05) is 0 Å². The van der Waals surface area contributed by atoms with Gasteiger partial charge in [0.2, 0.25) is 10.0 Å². The number of hydrogen-bond acceptors (Lipinski definition) is 3. The Hall–Kier alpha value is -0.920. The summed E-state index contributed by atoms with van der Waals surface area (Å²) in [5.74, 6) is -0.360. The van der Waals surface area contributed by atoms with Crippen LogP contribution in [0.3, 0.4) is 0 Å². The van der Waals surface area contributed by atoms with E-state index in [1.54, 1.807) is 0 Å². The van der Waals surface area contributed by atoms with Gasteiger partial charge in [-0.1, -0.05) is 11.6 Å². The van der Waals surface area contributed by atoms with Crippen molar-refractivity contribution in [1.82, 2.24) is 0 Å². The molecular formula is C7H6ClF2NO3S. The van der Waals surface area contributed by atoms with Crippen LogP contribution in [-0.2, 0) is 10.0 Å². The van der Waals surface area contributed by atoms with E-state index >= 15 is 0 Å². The molecule has 0 radical (unpaired) electrons. The van der Waals surface area contributed by atoms with Crippen LogP contribution in [0.1, 0.15) is 0 Å². The summed E-state index contributed by atoms with van der Waals surface area (Å²) in [5, 5.41) is 4.74. The second-order valence-electron chi connectivity index (χ2n) is 2.55. The molecule has 0 spiro atoms. The van der Waals surface area contributed by atoms with Gasteiger partial charge in [0.25, 0.3) is 0 Å². The molecule has 15 heavy (non-hydrogen) atoms. The van der Waals surface area contributed by atoms with Crippen LogP contribution in [0.2, 0.25) is 5.02 Å². The third kappa shape index (κ3) is 3.61. The molecule has 0 saturated carbocycles. The second-order valence-corrected chi connectivity index (χ2v) is 4.54. The number of hydrogen-bond donors (Lipinski definition) is 1. The first-order valence-electron chi connectivity index (χ1n) is 3.57. The van der Waals surface area contributed by atoms with Crippen LogP contribution >= 0.6 is 11.6 Å². The highest BCUT2D eigenvalue weighted by Crippen LogP contribution is 2.24. The predicted molar refractivity (Wildman–Crippen MR) is 49.5 cm³/mol. The van der Waals surface area contributed by atoms with Gasteiger partial charge in [-0.2, -0.15) is 8.78 Å². The summed E-state index contributed by atoms with van der Waals surface area (Å²) in [6, 6.07) is 2.96. The fourth-order valence-electron chi connectivity index (χ4n) is 0.872. The Morgan fingerprint density at radius 3 is 2.40 bits per heavy atom. The predicted octanol–water partition coefficient (Wildman–Crippen LogP) is 1.59. The number of ether oxygens (including phenoxy) is 1. The van der Waals surface area contributed by atoms with Crippen molar-refractivity contribution in [2.75, 3.05) is 0 Å². The van der Waals surface area contributed by atoms with Gasteiger partial charge in [-0.05, 0) is 12.1 Å². The number of alkyl halides is 2. The molecule has 1 aromatic rings. The van der Waals surface area contributed by atoms with Crippen molar-refractivity contribution < 1.29 is 21.9 Å². The van der Waals surface area contributed by atoms with Gasteiger partial charge in [-0.3, -0.25) is 0 Å². The molecule has 84 valence electrons. The molecule has 0 saturated heterocycles. The van der Waals surface area contributed by atoms with Gasteiger partial charge in [0.15, 0.2) is 0 Å². The van der Waals surface area contributed by atoms with Crippen LogP contribution < -0.4 is 9.88 Å². The number of nitrogens with two attached hydrogens (primary N) is 1. The molecule has 0 aliphatic rings. The van der Waals surface area contributed by atoms with E-state index in [-0.39, 0.29) is 15.7 Å². The molecule has 0 unspecified atom stereocenters. The fraction of sp³-hybridized carbons (Fsp3) is 0.143. The normalized spacial score (nSPS) is 11.8. The summed E-state index contributed by atoms with van der Waals surface area (Å²) in [7, 11) is -3.99. The fourth-order valence-corrected chi connectivity index (χ4v) is 1.73. The first-order chi connectivity index (χ1) is 6.79. The second kappa shape index (κ2) is 4.30. The van der Waals surface area contributed by atoms with Gasteiger partial charge >= 0.3 is 6.61 Å². The molecule has 0 atom stereocenters. The van der Waals surface area contributed by atoms with Crippen molar-refractivity contribution in [3.8, 4) is 5.75 Å². The molecule has 1 aromatic carbocycles. The Labute approximate surface area is 89.6 Å². The molecule has 2 N–H and O–H groups in total. The van der Waals surface area contributed by atoms with Gasteiger partial charge in [0.05, 0.1) is 4.90 Å². The maximum absolute atomic E-state index is 11.8. The Morgan fingerprint density at radius 1 is 1.33 bits per heavy atom. The van der Waals surface area contributed by atoms with Gasteiger partial charge < -0.3 is 4.74 Å². The highest BCUT2D eigenvalue weighted by Gasteiger charge is 2.13. The minimum absolute atomic E-state index is 0.0582. The average molecular weight is 258 g/mol. The summed E-state index contributed by atoms with van der Waals surface area (Å²) < 4.78 is 49.5. The van der Waals surface area contributed by atoms with E-state index in [9.17, 15) is 17.2 Å². The maximum atomic E-state index is 11.8. The molecule has 8 heteroatoms. The van der Waals surface area contributed by atoms with Crippen molar-refractivity contribution in [3.05, 3.63) is 23.2 Å². The molecule has 0 aromatic heterocycles. The zero-order chi connectivity index (χ0) is 11.6. The Bertz CT molecular complexity index is 463. The van der Waals surface area contributed by atoms with E-state index in [0.29, 0.717) is 0 Å². The monoisotopic (exact) mass is 257 g/mol. The van der Waals surface area contributed by atoms with Crippen LogP contribution in [-0.4, -0.2) is 15.0 Å². The minimum atomic E-state index is -3.99. The van der Waals surface area contributed by atoms with E-state index < -0.39 is 16.6 Å². The molecule has 0 fully saturated rings. The maximum Gasteiger partial charge on any atom is 0.387 e. The van der Waals surface area contributed by atoms with E-state index in [0.717, 1.165) is 18.2 Å². The average Bonchev–Trinajstić information content (AvgIpc) is 1.99. The largest absolute Gasteiger partial charge is 0.435 e. The van der Waals surface area contributed by atoms with Crippen molar-refractivity contribution >= 4 is 21.6 Å². The Morgan fingerprint density at radius 2 is 1.93 bits per heavy atom. The van der Waals surface area contributed by atoms with Crippen molar-refractivity contribution in [1.29, 1.82) is 0 Å². The summed E-state index contributed by atoms with van der Waals surface area (Å²) >= 11 is 5.49. The number of benzene rings is 1. The molecule has 4 nitrogen and oxygen atoms in total. The molecule has 1 rings (SSSR count). The zero-order valence-electron chi connectivity index (χ0n) is 7.15. The molecular weight excluding hydrogens is 252 g/mol. The van der Waals surface area contributed by atoms with Crippen molar-refractivity contribution in [2.24, 2.45) is 5.14 Å². The number of rotatable bonds is 3. The van der Waals surface area contributed by atoms with Gasteiger partial charge in [-0.15, -0.1) is 0 Å². The zero-order valence-corrected chi connectivity index (χ0v) is 8.73. The van der Waals surface area contributed by atoms with Gasteiger partial charge in [-0.25, -0.2) is 13.6 Å². The smallest absolute Gasteiger partial charge is 0.387 e. The number of primary sulfonamides is 1. The highest BCUT2D eigenvalue weighted by atomic mass is 35.5. The topological polar surface area (TPSA) is 69.4 Å². The van der Waals surface area contributed by atoms with E-state index in [2.05, 4.69) is 4.74 Å². The van der Waals surface area contributed by atoms with E-state index in [1.165, 1.54) is 0 Å². The molecule has 0 heterocycles. The molecule has 0 aliphatic heterocycles. The Balaban J connectivity index is 3.17.